The van der Waals surface area contributed by atoms with Gasteiger partial charge < -0.3 is 24.3 Å². The van der Waals surface area contributed by atoms with Gasteiger partial charge in [-0.1, -0.05) is 23.7 Å². The van der Waals surface area contributed by atoms with E-state index in [-0.39, 0.29) is 27.1 Å². The van der Waals surface area contributed by atoms with E-state index in [0.717, 1.165) is 15.4 Å². The zero-order chi connectivity index (χ0) is 29.2. The molecule has 9 nitrogen and oxygen atoms in total. The Labute approximate surface area is 240 Å². The number of carbonyl (C=O) groups is 1. The number of amides is 1. The van der Waals surface area contributed by atoms with Crippen molar-refractivity contribution in [3.63, 3.8) is 0 Å². The van der Waals surface area contributed by atoms with Crippen LogP contribution in [0.5, 0.6) is 23.0 Å². The lowest BCUT2D eigenvalue weighted by Gasteiger charge is -2.38. The van der Waals surface area contributed by atoms with Gasteiger partial charge in [-0.05, 0) is 62.7 Å². The summed E-state index contributed by atoms with van der Waals surface area (Å²) >= 11 is 6.27. The lowest BCUT2D eigenvalue weighted by Crippen LogP contribution is -2.45. The average Bonchev–Trinajstić information content (AvgIpc) is 2.90. The van der Waals surface area contributed by atoms with Crippen LogP contribution in [0, 0.1) is 6.92 Å². The van der Waals surface area contributed by atoms with E-state index in [1.54, 1.807) is 12.1 Å². The van der Waals surface area contributed by atoms with Gasteiger partial charge in [-0.3, -0.25) is 9.10 Å². The van der Waals surface area contributed by atoms with Gasteiger partial charge >= 0.3 is 0 Å². The molecule has 0 radical (unpaired) electrons. The maximum Gasteiger partial charge on any atom is 0.265 e. The quantitative estimate of drug-likeness (QED) is 0.362. The maximum atomic E-state index is 14.1. The fourth-order valence-electron chi connectivity index (χ4n) is 4.72. The van der Waals surface area contributed by atoms with Crippen LogP contribution in [-0.4, -0.2) is 47.8 Å². The molecule has 1 aliphatic rings. The number of anilines is 1. The first kappa shape index (κ1) is 29.4. The number of fused-ring (bicyclic) bond motifs is 1. The van der Waals surface area contributed by atoms with Crippen molar-refractivity contribution >= 4 is 33.2 Å². The molecule has 0 aromatic heterocycles. The molecule has 0 fully saturated rings. The van der Waals surface area contributed by atoms with Gasteiger partial charge in [0.2, 0.25) is 5.91 Å². The van der Waals surface area contributed by atoms with Crippen molar-refractivity contribution in [1.82, 2.24) is 5.32 Å². The maximum absolute atomic E-state index is 14.1. The smallest absolute Gasteiger partial charge is 0.265 e. The summed E-state index contributed by atoms with van der Waals surface area (Å²) in [5, 5.41) is 3.30. The molecule has 1 atom stereocenters. The molecule has 40 heavy (non-hydrogen) atoms. The van der Waals surface area contributed by atoms with Gasteiger partial charge in [0.1, 0.15) is 23.6 Å². The normalized spacial score (nSPS) is 15.8. The molecule has 0 saturated heterocycles. The van der Waals surface area contributed by atoms with Gasteiger partial charge in [-0.25, -0.2) is 8.42 Å². The Hall–Kier alpha value is -3.63. The first-order valence-corrected chi connectivity index (χ1v) is 14.4. The van der Waals surface area contributed by atoms with Gasteiger partial charge in [0, 0.05) is 23.1 Å². The fraction of sp³-hybridized carbons (Fsp3) is 0.345. The molecule has 1 heterocycles. The van der Waals surface area contributed by atoms with Crippen molar-refractivity contribution in [3.05, 3.63) is 70.7 Å². The highest BCUT2D eigenvalue weighted by molar-refractivity contribution is 7.92. The number of methoxy groups -OCH3 is 3. The van der Waals surface area contributed by atoms with E-state index in [1.807, 2.05) is 39.0 Å². The lowest BCUT2D eigenvalue weighted by atomic mass is 9.89. The third-order valence-corrected chi connectivity index (χ3v) is 8.59. The third kappa shape index (κ3) is 6.08. The Balaban J connectivity index is 1.74. The molecule has 1 aliphatic heterocycles. The molecular weight excluding hydrogens is 556 g/mol. The summed E-state index contributed by atoms with van der Waals surface area (Å²) in [5.74, 6) is 0.993. The van der Waals surface area contributed by atoms with Crippen molar-refractivity contribution in [2.75, 3.05) is 32.2 Å². The van der Waals surface area contributed by atoms with Gasteiger partial charge in [-0.2, -0.15) is 0 Å². The van der Waals surface area contributed by atoms with Gasteiger partial charge in [0.05, 0.1) is 38.0 Å². The van der Waals surface area contributed by atoms with Crippen LogP contribution in [0.3, 0.4) is 0 Å². The Bertz CT molecular complexity index is 1520. The first-order chi connectivity index (χ1) is 18.9. The van der Waals surface area contributed by atoms with E-state index in [9.17, 15) is 13.2 Å². The third-order valence-electron chi connectivity index (χ3n) is 6.60. The Kier molecular flexibility index (Phi) is 8.41. The monoisotopic (exact) mass is 588 g/mol. The summed E-state index contributed by atoms with van der Waals surface area (Å²) in [5.41, 5.74) is 1.43. The van der Waals surface area contributed by atoms with Crippen molar-refractivity contribution < 1.29 is 32.2 Å². The largest absolute Gasteiger partial charge is 0.495 e. The van der Waals surface area contributed by atoms with Gasteiger partial charge in [-0.15, -0.1) is 0 Å². The van der Waals surface area contributed by atoms with Crippen LogP contribution >= 0.6 is 11.6 Å². The minimum absolute atomic E-state index is 0.104. The summed E-state index contributed by atoms with van der Waals surface area (Å²) in [4.78, 5) is 13.5. The second-order valence-electron chi connectivity index (χ2n) is 10.1. The topological polar surface area (TPSA) is 103 Å². The number of rotatable bonds is 9. The number of nitrogens with one attached hydrogen (secondary N) is 1. The van der Waals surface area contributed by atoms with Crippen LogP contribution in [0.1, 0.15) is 37.4 Å². The number of aryl methyl sites for hydroxylation is 1. The van der Waals surface area contributed by atoms with Crippen molar-refractivity contribution in [3.8, 4) is 23.0 Å². The average molecular weight is 589 g/mol. The van der Waals surface area contributed by atoms with E-state index < -0.39 is 34.1 Å². The molecule has 1 unspecified atom stereocenters. The lowest BCUT2D eigenvalue weighted by molar-refractivity contribution is -0.120. The Morgan fingerprint density at radius 1 is 1.00 bits per heavy atom. The minimum Gasteiger partial charge on any atom is -0.495 e. The predicted molar refractivity (Wildman–Crippen MR) is 153 cm³/mol. The molecule has 11 heteroatoms. The molecule has 3 aromatic carbocycles. The van der Waals surface area contributed by atoms with Crippen LogP contribution in [0.4, 0.5) is 5.69 Å². The van der Waals surface area contributed by atoms with Crippen LogP contribution in [0.2, 0.25) is 5.02 Å². The number of nitrogens with zero attached hydrogens (tertiary/aromatic N) is 1. The van der Waals surface area contributed by atoms with Crippen LogP contribution in [-0.2, 0) is 14.8 Å². The molecule has 0 spiro atoms. The summed E-state index contributed by atoms with van der Waals surface area (Å²) in [6.45, 7) is 5.32. The zero-order valence-electron chi connectivity index (χ0n) is 23.3. The predicted octanol–water partition coefficient (Wildman–Crippen LogP) is 5.29. The zero-order valence-corrected chi connectivity index (χ0v) is 24.9. The second-order valence-corrected chi connectivity index (χ2v) is 12.4. The molecule has 214 valence electrons. The van der Waals surface area contributed by atoms with Crippen LogP contribution in [0.15, 0.2) is 59.5 Å². The number of halogens is 1. The summed E-state index contributed by atoms with van der Waals surface area (Å²) in [7, 11) is -0.0328. The van der Waals surface area contributed by atoms with E-state index in [1.165, 1.54) is 45.6 Å². The molecule has 1 amide bonds. The number of benzene rings is 3. The minimum atomic E-state index is -4.31. The molecular formula is C29H33ClN2O7S. The van der Waals surface area contributed by atoms with Gasteiger partial charge in [0.15, 0.2) is 11.5 Å². The number of hydrogen-bond donors (Lipinski definition) is 1. The van der Waals surface area contributed by atoms with Crippen molar-refractivity contribution in [1.29, 1.82) is 0 Å². The van der Waals surface area contributed by atoms with Crippen molar-refractivity contribution in [2.24, 2.45) is 0 Å². The Morgan fingerprint density at radius 2 is 1.68 bits per heavy atom. The highest BCUT2D eigenvalue weighted by Gasteiger charge is 2.36. The number of ether oxygens (including phenoxy) is 4. The number of sulfonamides is 1. The van der Waals surface area contributed by atoms with Crippen molar-refractivity contribution in [2.45, 2.75) is 43.7 Å². The Morgan fingerprint density at radius 3 is 2.35 bits per heavy atom. The van der Waals surface area contributed by atoms with E-state index in [4.69, 9.17) is 30.5 Å². The van der Waals surface area contributed by atoms with E-state index in [0.29, 0.717) is 17.9 Å². The number of carbonyl (C=O) groups excluding carboxylic acids is 1. The van der Waals surface area contributed by atoms with Crippen LogP contribution < -0.4 is 28.6 Å². The molecule has 0 saturated carbocycles. The van der Waals surface area contributed by atoms with E-state index in [2.05, 4.69) is 5.32 Å². The fourth-order valence-corrected chi connectivity index (χ4v) is 6.33. The highest BCUT2D eigenvalue weighted by atomic mass is 35.5. The summed E-state index contributed by atoms with van der Waals surface area (Å²) < 4.78 is 51.3. The van der Waals surface area contributed by atoms with E-state index >= 15 is 0 Å². The first-order valence-electron chi connectivity index (χ1n) is 12.6. The SMILES string of the molecule is COc1ccc(S(=O)(=O)N(CC(=O)NC2CC(C)(C)Oc3cc(C)ccc32)c2cc(Cl)ccc2OC)cc1OC. The molecule has 1 N–H and O–H groups in total. The summed E-state index contributed by atoms with van der Waals surface area (Å²) in [6, 6.07) is 14.2. The van der Waals surface area contributed by atoms with Gasteiger partial charge in [0.25, 0.3) is 10.0 Å². The standard InChI is InChI=1S/C29H33ClN2O7S/c1-18-7-10-21-22(16-29(2,3)39-26(21)13-18)31-28(33)17-32(23-14-19(30)8-11-24(23)36-4)40(34,35)20-9-12-25(37-5)27(15-20)38-6/h7-15,22H,16-17H2,1-6H3,(H,31,33). The summed E-state index contributed by atoms with van der Waals surface area (Å²) in [6.07, 6.45) is 0.498. The molecule has 0 aliphatic carbocycles. The number of hydrogen-bond acceptors (Lipinski definition) is 7. The van der Waals surface area contributed by atoms with Crippen LogP contribution in [0.25, 0.3) is 0 Å². The molecule has 3 aromatic rings. The highest BCUT2D eigenvalue weighted by Crippen LogP contribution is 2.41. The second kappa shape index (κ2) is 11.5. The molecule has 4 rings (SSSR count). The molecule has 0 bridgehead atoms.